The van der Waals surface area contributed by atoms with Crippen LogP contribution in [0.2, 0.25) is 0 Å². The summed E-state index contributed by atoms with van der Waals surface area (Å²) in [4.78, 5) is 22.7. The number of hydrogen-bond acceptors (Lipinski definition) is 4. The number of hydrazine groups is 1. The van der Waals surface area contributed by atoms with Gasteiger partial charge in [0.1, 0.15) is 5.75 Å². The highest BCUT2D eigenvalue weighted by atomic mass is 32.1. The maximum Gasteiger partial charge on any atom is 0.276 e. The first-order valence-corrected chi connectivity index (χ1v) is 6.92. The van der Waals surface area contributed by atoms with Crippen LogP contribution in [-0.2, 0) is 9.59 Å². The molecule has 0 unspecified atom stereocenters. The van der Waals surface area contributed by atoms with E-state index in [9.17, 15) is 9.59 Å². The van der Waals surface area contributed by atoms with Crippen LogP contribution >= 0.6 is 12.2 Å². The van der Waals surface area contributed by atoms with Crippen molar-refractivity contribution in [3.63, 3.8) is 0 Å². The summed E-state index contributed by atoms with van der Waals surface area (Å²) < 4.78 is 5.48. The predicted molar refractivity (Wildman–Crippen MR) is 83.7 cm³/mol. The molecule has 0 fully saturated rings. The van der Waals surface area contributed by atoms with Crippen LogP contribution in [0, 0.1) is 13.8 Å². The number of para-hydroxylation sites is 1. The lowest BCUT2D eigenvalue weighted by Crippen LogP contribution is -2.49. The molecular weight excluding hydrogens is 290 g/mol. The zero-order valence-electron chi connectivity index (χ0n) is 12.3. The number of nitrogens with one attached hydrogen (secondary N) is 3. The molecule has 114 valence electrons. The van der Waals surface area contributed by atoms with Crippen molar-refractivity contribution >= 4 is 29.1 Å². The molecule has 0 saturated heterocycles. The highest BCUT2D eigenvalue weighted by Crippen LogP contribution is 2.21. The van der Waals surface area contributed by atoms with Crippen LogP contribution in [-0.4, -0.2) is 23.5 Å². The Labute approximate surface area is 129 Å². The van der Waals surface area contributed by atoms with E-state index in [1.165, 1.54) is 0 Å². The lowest BCUT2D eigenvalue weighted by atomic mass is 10.1. The zero-order chi connectivity index (χ0) is 15.8. The quantitative estimate of drug-likeness (QED) is 0.574. The van der Waals surface area contributed by atoms with Crippen LogP contribution < -0.4 is 20.9 Å². The lowest BCUT2D eigenvalue weighted by Gasteiger charge is -2.13. The molecule has 0 bridgehead atoms. The van der Waals surface area contributed by atoms with Gasteiger partial charge in [0.2, 0.25) is 5.91 Å². The Balaban J connectivity index is 2.38. The van der Waals surface area contributed by atoms with Crippen molar-refractivity contribution in [2.24, 2.45) is 0 Å². The number of carbonyl (C=O) groups excluding carboxylic acids is 2. The van der Waals surface area contributed by atoms with Crippen molar-refractivity contribution < 1.29 is 14.3 Å². The summed E-state index contributed by atoms with van der Waals surface area (Å²) in [6.07, 6.45) is 0.311. The fraction of sp³-hybridized carbons (Fsp3) is 0.357. The minimum absolute atomic E-state index is 0.0438. The van der Waals surface area contributed by atoms with Gasteiger partial charge in [-0.3, -0.25) is 20.4 Å². The molecule has 0 saturated carbocycles. The van der Waals surface area contributed by atoms with E-state index in [0.29, 0.717) is 12.2 Å². The van der Waals surface area contributed by atoms with Gasteiger partial charge in [-0.2, -0.15) is 0 Å². The number of benzene rings is 1. The largest absolute Gasteiger partial charge is 0.483 e. The molecule has 2 amide bonds. The third-order valence-electron chi connectivity index (χ3n) is 2.65. The van der Waals surface area contributed by atoms with Gasteiger partial charge in [0, 0.05) is 6.42 Å². The third kappa shape index (κ3) is 5.78. The van der Waals surface area contributed by atoms with Crippen LogP contribution in [0.3, 0.4) is 0 Å². The molecule has 0 aliphatic rings. The minimum Gasteiger partial charge on any atom is -0.483 e. The Bertz CT molecular complexity index is 526. The molecule has 1 aromatic carbocycles. The number of thiocarbonyl (C=S) groups is 1. The first kappa shape index (κ1) is 16.9. The van der Waals surface area contributed by atoms with Crippen LogP contribution in [0.25, 0.3) is 0 Å². The molecule has 0 heterocycles. The SMILES string of the molecule is CCC(=O)NC(=S)NNC(=O)COc1c(C)cccc1C. The molecule has 21 heavy (non-hydrogen) atoms. The predicted octanol–water partition coefficient (Wildman–Crippen LogP) is 1.11. The lowest BCUT2D eigenvalue weighted by molar-refractivity contribution is -0.124. The second-order valence-electron chi connectivity index (χ2n) is 4.41. The van der Waals surface area contributed by atoms with Crippen LogP contribution in [0.4, 0.5) is 0 Å². The van der Waals surface area contributed by atoms with E-state index in [2.05, 4.69) is 16.2 Å². The standard InChI is InChI=1S/C14H19N3O3S/c1-4-11(18)15-14(21)17-16-12(19)8-20-13-9(2)6-5-7-10(13)3/h5-7H,4,8H2,1-3H3,(H,16,19)(H2,15,17,18,21). The summed E-state index contributed by atoms with van der Waals surface area (Å²) >= 11 is 4.84. The summed E-state index contributed by atoms with van der Waals surface area (Å²) in [7, 11) is 0. The highest BCUT2D eigenvalue weighted by molar-refractivity contribution is 7.80. The molecule has 6 nitrogen and oxygen atoms in total. The Morgan fingerprint density at radius 1 is 1.14 bits per heavy atom. The summed E-state index contributed by atoms with van der Waals surface area (Å²) in [5, 5.41) is 2.45. The molecular formula is C14H19N3O3S. The van der Waals surface area contributed by atoms with Gasteiger partial charge in [0.25, 0.3) is 5.91 Å². The van der Waals surface area contributed by atoms with Crippen molar-refractivity contribution in [1.29, 1.82) is 0 Å². The molecule has 0 aromatic heterocycles. The first-order valence-electron chi connectivity index (χ1n) is 6.51. The maximum atomic E-state index is 11.6. The van der Waals surface area contributed by atoms with Gasteiger partial charge in [0.05, 0.1) is 0 Å². The maximum absolute atomic E-state index is 11.6. The Morgan fingerprint density at radius 2 is 1.76 bits per heavy atom. The van der Waals surface area contributed by atoms with Gasteiger partial charge in [0.15, 0.2) is 11.7 Å². The van der Waals surface area contributed by atoms with Crippen LogP contribution in [0.5, 0.6) is 5.75 Å². The van der Waals surface area contributed by atoms with E-state index in [0.717, 1.165) is 11.1 Å². The van der Waals surface area contributed by atoms with Gasteiger partial charge in [-0.05, 0) is 37.2 Å². The fourth-order valence-electron chi connectivity index (χ4n) is 1.57. The summed E-state index contributed by atoms with van der Waals surface area (Å²) in [6.45, 7) is 5.37. The second-order valence-corrected chi connectivity index (χ2v) is 4.82. The van der Waals surface area contributed by atoms with E-state index in [1.807, 2.05) is 32.0 Å². The normalized spacial score (nSPS) is 9.67. The van der Waals surface area contributed by atoms with Crippen molar-refractivity contribution in [2.75, 3.05) is 6.61 Å². The molecule has 0 atom stereocenters. The third-order valence-corrected chi connectivity index (χ3v) is 2.85. The Kier molecular flexibility index (Phi) is 6.61. The number of aryl methyl sites for hydroxylation is 2. The summed E-state index contributed by atoms with van der Waals surface area (Å²) in [5.74, 6) is 0.0637. The molecule has 1 rings (SSSR count). The number of rotatable bonds is 4. The molecule has 0 aliphatic carbocycles. The number of hydrogen-bond donors (Lipinski definition) is 3. The molecule has 1 aromatic rings. The average Bonchev–Trinajstić information content (AvgIpc) is 2.44. The molecule has 0 radical (unpaired) electrons. The van der Waals surface area contributed by atoms with Crippen LogP contribution in [0.1, 0.15) is 24.5 Å². The minimum atomic E-state index is -0.397. The fourth-order valence-corrected chi connectivity index (χ4v) is 1.74. The average molecular weight is 309 g/mol. The van der Waals surface area contributed by atoms with Crippen molar-refractivity contribution in [3.8, 4) is 5.75 Å². The summed E-state index contributed by atoms with van der Waals surface area (Å²) in [5.41, 5.74) is 6.70. The second kappa shape index (κ2) is 8.21. The van der Waals surface area contributed by atoms with Crippen LogP contribution in [0.15, 0.2) is 18.2 Å². The Morgan fingerprint density at radius 3 is 2.33 bits per heavy atom. The monoisotopic (exact) mass is 309 g/mol. The summed E-state index contributed by atoms with van der Waals surface area (Å²) in [6, 6.07) is 5.75. The number of carbonyl (C=O) groups is 2. The van der Waals surface area contributed by atoms with Crippen molar-refractivity contribution in [1.82, 2.24) is 16.2 Å². The first-order chi connectivity index (χ1) is 9.93. The van der Waals surface area contributed by atoms with E-state index in [4.69, 9.17) is 17.0 Å². The molecule has 3 N–H and O–H groups in total. The topological polar surface area (TPSA) is 79.5 Å². The van der Waals surface area contributed by atoms with E-state index in [-0.39, 0.29) is 17.6 Å². The van der Waals surface area contributed by atoms with Gasteiger partial charge in [-0.1, -0.05) is 25.1 Å². The number of ether oxygens (including phenoxy) is 1. The van der Waals surface area contributed by atoms with E-state index < -0.39 is 5.91 Å². The molecule has 0 aliphatic heterocycles. The van der Waals surface area contributed by atoms with Crippen molar-refractivity contribution in [3.05, 3.63) is 29.3 Å². The van der Waals surface area contributed by atoms with Gasteiger partial charge >= 0.3 is 0 Å². The highest BCUT2D eigenvalue weighted by Gasteiger charge is 2.08. The van der Waals surface area contributed by atoms with E-state index in [1.54, 1.807) is 6.92 Å². The van der Waals surface area contributed by atoms with Gasteiger partial charge in [-0.25, -0.2) is 0 Å². The van der Waals surface area contributed by atoms with Gasteiger partial charge in [-0.15, -0.1) is 0 Å². The van der Waals surface area contributed by atoms with E-state index >= 15 is 0 Å². The van der Waals surface area contributed by atoms with Gasteiger partial charge < -0.3 is 10.1 Å². The molecule has 0 spiro atoms. The molecule has 7 heteroatoms. The Hall–Kier alpha value is -2.15. The smallest absolute Gasteiger partial charge is 0.276 e. The van der Waals surface area contributed by atoms with Crippen molar-refractivity contribution in [2.45, 2.75) is 27.2 Å². The zero-order valence-corrected chi connectivity index (χ0v) is 13.1. The number of amides is 2.